The zero-order valence-corrected chi connectivity index (χ0v) is 17.3. The summed E-state index contributed by atoms with van der Waals surface area (Å²) in [5.41, 5.74) is 0.744. The van der Waals surface area contributed by atoms with Crippen molar-refractivity contribution in [3.8, 4) is 5.75 Å². The molecule has 1 fully saturated rings. The number of rotatable bonds is 5. The van der Waals surface area contributed by atoms with Gasteiger partial charge in [-0.1, -0.05) is 0 Å². The third-order valence-corrected chi connectivity index (χ3v) is 5.38. The monoisotopic (exact) mass is 401 g/mol. The smallest absolute Gasteiger partial charge is 0.344 e. The quantitative estimate of drug-likeness (QED) is 0.565. The molecule has 7 heteroatoms. The van der Waals surface area contributed by atoms with Crippen LogP contribution in [0.5, 0.6) is 5.75 Å². The number of esters is 1. The highest BCUT2D eigenvalue weighted by Gasteiger charge is 2.33. The normalized spacial score (nSPS) is 20.3. The number of hydrogen-bond acceptors (Lipinski definition) is 6. The fraction of sp³-hybridized carbons (Fsp3) is 0.500. The van der Waals surface area contributed by atoms with Gasteiger partial charge in [0.25, 0.3) is 5.91 Å². The van der Waals surface area contributed by atoms with E-state index in [9.17, 15) is 14.4 Å². The number of carbonyl (C=O) groups excluding carboxylic acids is 2. The summed E-state index contributed by atoms with van der Waals surface area (Å²) in [7, 11) is 0. The molecule has 3 atom stereocenters. The first-order valence-corrected chi connectivity index (χ1v) is 9.95. The van der Waals surface area contributed by atoms with Crippen molar-refractivity contribution in [3.05, 3.63) is 40.2 Å². The molecule has 0 spiro atoms. The lowest BCUT2D eigenvalue weighted by atomic mass is 9.97. The summed E-state index contributed by atoms with van der Waals surface area (Å²) < 4.78 is 15.9. The van der Waals surface area contributed by atoms with E-state index in [1.807, 2.05) is 25.7 Å². The number of amides is 1. The number of piperidine rings is 1. The Balaban J connectivity index is 1.58. The Kier molecular flexibility index (Phi) is 6.25. The van der Waals surface area contributed by atoms with Crippen LogP contribution in [0.1, 0.15) is 45.6 Å². The maximum absolute atomic E-state index is 12.7. The summed E-state index contributed by atoms with van der Waals surface area (Å²) in [6, 6.07) is 6.71. The highest BCUT2D eigenvalue weighted by atomic mass is 16.6. The van der Waals surface area contributed by atoms with Crippen molar-refractivity contribution in [1.29, 1.82) is 0 Å². The number of likely N-dealkylation sites (tertiary alicyclic amines) is 1. The largest absolute Gasteiger partial charge is 0.482 e. The number of ether oxygens (including phenoxy) is 2. The first-order chi connectivity index (χ1) is 13.8. The SMILES string of the molecule is Cc1cc(=O)oc2cc(OCC(=O)O[C@@H](C)C(=O)N3[C@@H](C)CCC[C@@H]3C)ccc12. The van der Waals surface area contributed by atoms with Crippen LogP contribution in [-0.4, -0.2) is 41.6 Å². The van der Waals surface area contributed by atoms with Gasteiger partial charge in [0.2, 0.25) is 0 Å². The summed E-state index contributed by atoms with van der Waals surface area (Å²) in [5.74, 6) is -0.435. The van der Waals surface area contributed by atoms with E-state index in [-0.39, 0.29) is 24.6 Å². The third kappa shape index (κ3) is 4.78. The van der Waals surface area contributed by atoms with Crippen molar-refractivity contribution in [1.82, 2.24) is 4.90 Å². The van der Waals surface area contributed by atoms with Crippen LogP contribution in [0.15, 0.2) is 33.5 Å². The second kappa shape index (κ2) is 8.68. The van der Waals surface area contributed by atoms with Crippen LogP contribution >= 0.6 is 0 Å². The molecule has 2 aromatic rings. The molecule has 156 valence electrons. The van der Waals surface area contributed by atoms with Crippen LogP contribution in [0.25, 0.3) is 11.0 Å². The molecule has 0 bridgehead atoms. The average molecular weight is 401 g/mol. The first kappa shape index (κ1) is 20.9. The molecule has 0 aliphatic carbocycles. The van der Waals surface area contributed by atoms with Gasteiger partial charge in [-0.15, -0.1) is 0 Å². The Bertz CT molecular complexity index is 955. The average Bonchev–Trinajstić information content (AvgIpc) is 2.65. The van der Waals surface area contributed by atoms with Crippen LogP contribution < -0.4 is 10.4 Å². The number of benzene rings is 1. The zero-order chi connectivity index (χ0) is 21.1. The van der Waals surface area contributed by atoms with Crippen LogP contribution in [0.3, 0.4) is 0 Å². The molecule has 1 amide bonds. The maximum Gasteiger partial charge on any atom is 0.344 e. The Hall–Kier alpha value is -2.83. The molecule has 1 aromatic carbocycles. The van der Waals surface area contributed by atoms with E-state index >= 15 is 0 Å². The number of aryl methyl sites for hydroxylation is 1. The van der Waals surface area contributed by atoms with Gasteiger partial charge in [0, 0.05) is 29.6 Å². The van der Waals surface area contributed by atoms with E-state index < -0.39 is 17.7 Å². The minimum Gasteiger partial charge on any atom is -0.482 e. The lowest BCUT2D eigenvalue weighted by molar-refractivity contribution is -0.163. The van der Waals surface area contributed by atoms with E-state index in [2.05, 4.69) is 0 Å². The molecule has 0 radical (unpaired) electrons. The van der Waals surface area contributed by atoms with Crippen LogP contribution in [0, 0.1) is 6.92 Å². The summed E-state index contributed by atoms with van der Waals surface area (Å²) in [5, 5.41) is 0.795. The van der Waals surface area contributed by atoms with Crippen molar-refractivity contribution < 1.29 is 23.5 Å². The Labute approximate surface area is 169 Å². The van der Waals surface area contributed by atoms with E-state index in [1.54, 1.807) is 25.1 Å². The van der Waals surface area contributed by atoms with Gasteiger partial charge < -0.3 is 18.8 Å². The minimum absolute atomic E-state index is 0.138. The van der Waals surface area contributed by atoms with Crippen LogP contribution in [0.4, 0.5) is 0 Å². The Morgan fingerprint density at radius 1 is 1.21 bits per heavy atom. The molecule has 0 N–H and O–H groups in total. The van der Waals surface area contributed by atoms with Gasteiger partial charge >= 0.3 is 11.6 Å². The molecule has 1 aromatic heterocycles. The van der Waals surface area contributed by atoms with E-state index in [1.165, 1.54) is 6.07 Å². The van der Waals surface area contributed by atoms with Crippen molar-refractivity contribution in [2.45, 2.75) is 65.1 Å². The molecule has 2 heterocycles. The Morgan fingerprint density at radius 2 is 1.90 bits per heavy atom. The number of nitrogens with zero attached hydrogens (tertiary/aromatic N) is 1. The van der Waals surface area contributed by atoms with E-state index in [0.29, 0.717) is 11.3 Å². The molecule has 1 aliphatic heterocycles. The maximum atomic E-state index is 12.7. The molecule has 0 unspecified atom stereocenters. The second-order valence-electron chi connectivity index (χ2n) is 7.70. The van der Waals surface area contributed by atoms with Crippen molar-refractivity contribution in [2.24, 2.45) is 0 Å². The topological polar surface area (TPSA) is 86.0 Å². The molecular weight excluding hydrogens is 374 g/mol. The predicted octanol–water partition coefficient (Wildman–Crippen LogP) is 3.20. The van der Waals surface area contributed by atoms with Gasteiger partial charge in [-0.25, -0.2) is 9.59 Å². The van der Waals surface area contributed by atoms with Gasteiger partial charge in [0.1, 0.15) is 11.3 Å². The zero-order valence-electron chi connectivity index (χ0n) is 17.3. The van der Waals surface area contributed by atoms with Gasteiger partial charge in [-0.05, 0) is 64.7 Å². The highest BCUT2D eigenvalue weighted by Crippen LogP contribution is 2.24. The fourth-order valence-corrected chi connectivity index (χ4v) is 3.88. The van der Waals surface area contributed by atoms with Crippen molar-refractivity contribution >= 4 is 22.8 Å². The van der Waals surface area contributed by atoms with Crippen molar-refractivity contribution in [2.75, 3.05) is 6.61 Å². The van der Waals surface area contributed by atoms with Gasteiger partial charge in [-0.3, -0.25) is 4.79 Å². The Morgan fingerprint density at radius 3 is 2.59 bits per heavy atom. The van der Waals surface area contributed by atoms with E-state index in [4.69, 9.17) is 13.9 Å². The molecule has 29 heavy (non-hydrogen) atoms. The summed E-state index contributed by atoms with van der Waals surface area (Å²) in [6.07, 6.45) is 2.14. The first-order valence-electron chi connectivity index (χ1n) is 9.95. The fourth-order valence-electron chi connectivity index (χ4n) is 3.88. The molecular formula is C22H27NO6. The predicted molar refractivity (Wildman–Crippen MR) is 108 cm³/mol. The van der Waals surface area contributed by atoms with Gasteiger partial charge in [-0.2, -0.15) is 0 Å². The molecule has 0 saturated carbocycles. The lowest BCUT2D eigenvalue weighted by Crippen LogP contribution is -2.51. The summed E-state index contributed by atoms with van der Waals surface area (Å²) in [4.78, 5) is 38.2. The van der Waals surface area contributed by atoms with Crippen LogP contribution in [-0.2, 0) is 14.3 Å². The van der Waals surface area contributed by atoms with Crippen molar-refractivity contribution in [3.63, 3.8) is 0 Å². The minimum atomic E-state index is -0.869. The van der Waals surface area contributed by atoms with Gasteiger partial charge in [0.05, 0.1) is 0 Å². The number of hydrogen-bond donors (Lipinski definition) is 0. The standard InChI is InChI=1S/C22H27NO6/c1-13-10-20(24)29-19-11-17(8-9-18(13)19)27-12-21(25)28-16(4)22(26)23-14(2)6-5-7-15(23)3/h8-11,14-16H,5-7,12H2,1-4H3/t14-,15-,16-/m0/s1. The number of fused-ring (bicyclic) bond motifs is 1. The second-order valence-corrected chi connectivity index (χ2v) is 7.70. The number of carbonyl (C=O) groups is 2. The summed E-state index contributed by atoms with van der Waals surface area (Å²) >= 11 is 0. The molecule has 7 nitrogen and oxygen atoms in total. The molecule has 1 saturated heterocycles. The molecule has 1 aliphatic rings. The summed E-state index contributed by atoms with van der Waals surface area (Å²) in [6.45, 7) is 7.10. The molecule has 3 rings (SSSR count). The third-order valence-electron chi connectivity index (χ3n) is 5.38. The van der Waals surface area contributed by atoms with Gasteiger partial charge in [0.15, 0.2) is 12.7 Å². The van der Waals surface area contributed by atoms with E-state index in [0.717, 1.165) is 30.2 Å². The lowest BCUT2D eigenvalue weighted by Gasteiger charge is -2.40. The van der Waals surface area contributed by atoms with Crippen LogP contribution in [0.2, 0.25) is 0 Å². The highest BCUT2D eigenvalue weighted by molar-refractivity contribution is 5.84.